The number of likely N-dealkylation sites (N-methyl/N-ethyl adjacent to an activating group) is 1. The van der Waals surface area contributed by atoms with Crippen molar-refractivity contribution in [3.63, 3.8) is 0 Å². The van der Waals surface area contributed by atoms with Gasteiger partial charge in [-0.2, -0.15) is 0 Å². The summed E-state index contributed by atoms with van der Waals surface area (Å²) in [6.07, 6.45) is 5.44. The summed E-state index contributed by atoms with van der Waals surface area (Å²) < 4.78 is 5.50. The Morgan fingerprint density at radius 2 is 2.00 bits per heavy atom. The largest absolute Gasteiger partial charge is 0.468 e. The number of aromatic nitrogens is 2. The number of hydrogen-bond acceptors (Lipinski definition) is 5. The second-order valence-electron chi connectivity index (χ2n) is 9.00. The molecule has 1 saturated heterocycles. The van der Waals surface area contributed by atoms with E-state index in [1.807, 2.05) is 24.1 Å². The van der Waals surface area contributed by atoms with E-state index in [1.165, 1.54) is 0 Å². The molecule has 6 nitrogen and oxygen atoms in total. The molecular weight excluding hydrogens is 340 g/mol. The molecule has 6 heteroatoms. The molecule has 0 aromatic carbocycles. The predicted octanol–water partition coefficient (Wildman–Crippen LogP) is 2.99. The summed E-state index contributed by atoms with van der Waals surface area (Å²) in [6, 6.07) is 3.96. The van der Waals surface area contributed by atoms with Gasteiger partial charge in [0.1, 0.15) is 11.6 Å². The van der Waals surface area contributed by atoms with Gasteiger partial charge in [0.15, 0.2) is 0 Å². The van der Waals surface area contributed by atoms with Crippen LogP contribution in [-0.4, -0.2) is 52.4 Å². The first kappa shape index (κ1) is 18.2. The van der Waals surface area contributed by atoms with Gasteiger partial charge in [-0.15, -0.1) is 0 Å². The Hall–Kier alpha value is -2.21. The topological polar surface area (TPSA) is 62.5 Å². The van der Waals surface area contributed by atoms with E-state index in [9.17, 15) is 4.79 Å². The number of hydrogen-bond donors (Lipinski definition) is 0. The fourth-order valence-corrected chi connectivity index (χ4v) is 4.27. The third-order valence-electron chi connectivity index (χ3n) is 5.85. The lowest BCUT2D eigenvalue weighted by atomic mass is 9.71. The highest BCUT2D eigenvalue weighted by Crippen LogP contribution is 2.41. The van der Waals surface area contributed by atoms with E-state index < -0.39 is 0 Å². The lowest BCUT2D eigenvalue weighted by molar-refractivity contribution is 0.0616. The molecule has 4 heterocycles. The Bertz CT molecular complexity index is 830. The number of fused-ring (bicyclic) bond motifs is 2. The Morgan fingerprint density at radius 3 is 2.63 bits per heavy atom. The molecule has 2 aliphatic rings. The second-order valence-corrected chi connectivity index (χ2v) is 9.00. The van der Waals surface area contributed by atoms with Crippen LogP contribution in [0.2, 0.25) is 0 Å². The van der Waals surface area contributed by atoms with Crippen LogP contribution in [0.3, 0.4) is 0 Å². The first-order chi connectivity index (χ1) is 12.8. The average Bonchev–Trinajstić information content (AvgIpc) is 3.14. The normalized spacial score (nSPS) is 20.1. The number of amides is 1. The molecule has 1 fully saturated rings. The van der Waals surface area contributed by atoms with Gasteiger partial charge in [0, 0.05) is 30.6 Å². The van der Waals surface area contributed by atoms with Gasteiger partial charge in [-0.25, -0.2) is 9.97 Å². The first-order valence-corrected chi connectivity index (χ1v) is 9.67. The summed E-state index contributed by atoms with van der Waals surface area (Å²) in [7, 11) is 1.89. The van der Waals surface area contributed by atoms with Gasteiger partial charge in [-0.3, -0.25) is 9.69 Å². The van der Waals surface area contributed by atoms with Crippen molar-refractivity contribution < 1.29 is 9.21 Å². The van der Waals surface area contributed by atoms with Gasteiger partial charge in [0.05, 0.1) is 24.1 Å². The van der Waals surface area contributed by atoms with E-state index in [2.05, 4.69) is 30.7 Å². The van der Waals surface area contributed by atoms with Gasteiger partial charge in [0.2, 0.25) is 0 Å². The lowest BCUT2D eigenvalue weighted by Crippen LogP contribution is -2.54. The quantitative estimate of drug-likeness (QED) is 0.815. The maximum absolute atomic E-state index is 12.7. The zero-order chi connectivity index (χ0) is 19.2. The van der Waals surface area contributed by atoms with E-state index in [1.54, 1.807) is 12.5 Å². The third kappa shape index (κ3) is 3.27. The van der Waals surface area contributed by atoms with Crippen molar-refractivity contribution >= 4 is 5.91 Å². The number of carbonyl (C=O) groups is 1. The molecule has 2 aliphatic heterocycles. The molecular formula is C21H28N4O2. The van der Waals surface area contributed by atoms with Crippen molar-refractivity contribution in [3.8, 4) is 0 Å². The van der Waals surface area contributed by atoms with Crippen molar-refractivity contribution in [1.82, 2.24) is 19.8 Å². The van der Waals surface area contributed by atoms with Gasteiger partial charge in [-0.05, 0) is 38.1 Å². The van der Waals surface area contributed by atoms with Crippen LogP contribution in [0.25, 0.3) is 0 Å². The van der Waals surface area contributed by atoms with Crippen molar-refractivity contribution in [1.29, 1.82) is 0 Å². The molecule has 1 spiro atoms. The van der Waals surface area contributed by atoms with Crippen LogP contribution >= 0.6 is 0 Å². The van der Waals surface area contributed by atoms with Crippen molar-refractivity contribution in [2.75, 3.05) is 26.7 Å². The Balaban J connectivity index is 1.64. The highest BCUT2D eigenvalue weighted by Gasteiger charge is 2.46. The van der Waals surface area contributed by atoms with Crippen LogP contribution in [0.1, 0.15) is 61.2 Å². The second kappa shape index (κ2) is 6.44. The smallest absolute Gasteiger partial charge is 0.257 e. The standard InChI is InChI=1S/C21H28N4O2/c1-20(2,3)19-22-12-16-17(23-19)21(14-24(4)18(16)26)7-9-25(10-8-21)13-15-6-5-11-27-15/h5-6,11-12H,7-10,13-14H2,1-4H3. The monoisotopic (exact) mass is 368 g/mol. The SMILES string of the molecule is CN1CC2(CCN(Cc3ccco3)CC2)c2nc(C(C)(C)C)ncc2C1=O. The molecule has 27 heavy (non-hydrogen) atoms. The molecule has 0 aliphatic carbocycles. The lowest BCUT2D eigenvalue weighted by Gasteiger charge is -2.46. The van der Waals surface area contributed by atoms with Gasteiger partial charge in [-0.1, -0.05) is 20.8 Å². The summed E-state index contributed by atoms with van der Waals surface area (Å²) in [4.78, 5) is 26.4. The van der Waals surface area contributed by atoms with E-state index >= 15 is 0 Å². The highest BCUT2D eigenvalue weighted by molar-refractivity contribution is 5.96. The number of carbonyl (C=O) groups excluding carboxylic acids is 1. The summed E-state index contributed by atoms with van der Waals surface area (Å²) >= 11 is 0. The van der Waals surface area contributed by atoms with Crippen LogP contribution in [0.4, 0.5) is 0 Å². The Morgan fingerprint density at radius 1 is 1.26 bits per heavy atom. The molecule has 4 rings (SSSR count). The zero-order valence-electron chi connectivity index (χ0n) is 16.7. The molecule has 0 radical (unpaired) electrons. The molecule has 0 saturated carbocycles. The molecule has 1 amide bonds. The molecule has 0 bridgehead atoms. The highest BCUT2D eigenvalue weighted by atomic mass is 16.3. The fraction of sp³-hybridized carbons (Fsp3) is 0.571. The van der Waals surface area contributed by atoms with Gasteiger partial charge in [0.25, 0.3) is 5.91 Å². The Labute approximate surface area is 160 Å². The molecule has 2 aromatic rings. The van der Waals surface area contributed by atoms with Gasteiger partial charge >= 0.3 is 0 Å². The maximum atomic E-state index is 12.7. The van der Waals surface area contributed by atoms with Crippen LogP contribution in [-0.2, 0) is 17.4 Å². The molecule has 0 N–H and O–H groups in total. The maximum Gasteiger partial charge on any atom is 0.257 e. The molecule has 2 aromatic heterocycles. The minimum atomic E-state index is -0.136. The number of nitrogens with zero attached hydrogens (tertiary/aromatic N) is 4. The summed E-state index contributed by atoms with van der Waals surface area (Å²) in [5.41, 5.74) is 1.42. The summed E-state index contributed by atoms with van der Waals surface area (Å²) in [5.74, 6) is 1.85. The van der Waals surface area contributed by atoms with Crippen molar-refractivity contribution in [3.05, 3.63) is 47.4 Å². The van der Waals surface area contributed by atoms with Crippen LogP contribution in [0.5, 0.6) is 0 Å². The predicted molar refractivity (Wildman–Crippen MR) is 103 cm³/mol. The number of likely N-dealkylation sites (tertiary alicyclic amines) is 1. The first-order valence-electron chi connectivity index (χ1n) is 9.67. The third-order valence-corrected chi connectivity index (χ3v) is 5.85. The van der Waals surface area contributed by atoms with Crippen LogP contribution in [0, 0.1) is 0 Å². The number of rotatable bonds is 2. The summed E-state index contributed by atoms with van der Waals surface area (Å²) in [5, 5.41) is 0. The van der Waals surface area contributed by atoms with Gasteiger partial charge < -0.3 is 9.32 Å². The summed E-state index contributed by atoms with van der Waals surface area (Å²) in [6.45, 7) is 9.85. The minimum absolute atomic E-state index is 0.0362. The average molecular weight is 368 g/mol. The van der Waals surface area contributed by atoms with Crippen LogP contribution in [0.15, 0.2) is 29.0 Å². The number of piperidine rings is 1. The van der Waals surface area contributed by atoms with E-state index in [4.69, 9.17) is 9.40 Å². The van der Waals surface area contributed by atoms with Crippen molar-refractivity contribution in [2.24, 2.45) is 0 Å². The zero-order valence-corrected chi connectivity index (χ0v) is 16.7. The number of furan rings is 1. The Kier molecular flexibility index (Phi) is 4.34. The fourth-order valence-electron chi connectivity index (χ4n) is 4.27. The van der Waals surface area contributed by atoms with Crippen LogP contribution < -0.4 is 0 Å². The minimum Gasteiger partial charge on any atom is -0.468 e. The van der Waals surface area contributed by atoms with E-state index in [0.717, 1.165) is 56.3 Å². The molecule has 0 atom stereocenters. The van der Waals surface area contributed by atoms with Crippen molar-refractivity contribution in [2.45, 2.75) is 51.0 Å². The molecule has 144 valence electrons. The molecule has 0 unspecified atom stereocenters. The van der Waals surface area contributed by atoms with E-state index in [-0.39, 0.29) is 16.7 Å². The van der Waals surface area contributed by atoms with E-state index in [0.29, 0.717) is 5.56 Å².